The number of thiophene rings is 1. The first-order valence-electron chi connectivity index (χ1n) is 9.07. The number of fused-ring (bicyclic) bond motifs is 1. The summed E-state index contributed by atoms with van der Waals surface area (Å²) in [5.74, 6) is 0.0767. The zero-order valence-electron chi connectivity index (χ0n) is 16.3. The van der Waals surface area contributed by atoms with Crippen LogP contribution < -0.4 is 5.56 Å². The van der Waals surface area contributed by atoms with Gasteiger partial charge in [0, 0.05) is 4.88 Å². The summed E-state index contributed by atoms with van der Waals surface area (Å²) in [7, 11) is 0. The van der Waals surface area contributed by atoms with E-state index in [0.29, 0.717) is 17.1 Å². The summed E-state index contributed by atoms with van der Waals surface area (Å²) in [5.41, 5.74) is 3.24. The van der Waals surface area contributed by atoms with Crippen molar-refractivity contribution >= 4 is 39.1 Å². The van der Waals surface area contributed by atoms with E-state index in [0.717, 1.165) is 22.4 Å². The molecule has 3 aromatic rings. The van der Waals surface area contributed by atoms with Gasteiger partial charge in [0.25, 0.3) is 5.56 Å². The van der Waals surface area contributed by atoms with Gasteiger partial charge in [-0.1, -0.05) is 48.5 Å². The zero-order chi connectivity index (χ0) is 19.7. The van der Waals surface area contributed by atoms with Gasteiger partial charge < -0.3 is 0 Å². The Labute approximate surface area is 167 Å². The standard InChI is InChI=1S/C21H24N2O2S2/c1-6-17-13(3)18-19(27-17)22-21(26-15(5)14(4)24)23(20(18)25)11-16-9-7-12(2)8-10-16/h7-10,15H,6,11H2,1-5H3. The van der Waals surface area contributed by atoms with Crippen LogP contribution in [0.1, 0.15) is 42.3 Å². The predicted octanol–water partition coefficient (Wildman–Crippen LogP) is 4.76. The Morgan fingerprint density at radius 1 is 1.26 bits per heavy atom. The van der Waals surface area contributed by atoms with Crippen LogP contribution in [0.15, 0.2) is 34.2 Å². The van der Waals surface area contributed by atoms with Gasteiger partial charge in [0.05, 0.1) is 17.2 Å². The van der Waals surface area contributed by atoms with Crippen LogP contribution in [-0.2, 0) is 17.8 Å². The highest BCUT2D eigenvalue weighted by molar-refractivity contribution is 8.00. The van der Waals surface area contributed by atoms with E-state index < -0.39 is 0 Å². The monoisotopic (exact) mass is 400 g/mol. The lowest BCUT2D eigenvalue weighted by molar-refractivity contribution is -0.116. The number of aryl methyl sites for hydroxylation is 3. The summed E-state index contributed by atoms with van der Waals surface area (Å²) < 4.78 is 1.72. The molecule has 1 aromatic carbocycles. The minimum Gasteiger partial charge on any atom is -0.299 e. The van der Waals surface area contributed by atoms with Crippen LogP contribution in [0.25, 0.3) is 10.2 Å². The molecule has 27 heavy (non-hydrogen) atoms. The number of carbonyl (C=O) groups is 1. The van der Waals surface area contributed by atoms with Crippen molar-refractivity contribution in [2.75, 3.05) is 0 Å². The third-order valence-electron chi connectivity index (χ3n) is 4.75. The average Bonchev–Trinajstić information content (AvgIpc) is 2.95. The predicted molar refractivity (Wildman–Crippen MR) is 114 cm³/mol. The fraction of sp³-hybridized carbons (Fsp3) is 0.381. The molecular formula is C21H24N2O2S2. The molecule has 0 aliphatic heterocycles. The van der Waals surface area contributed by atoms with Crippen molar-refractivity contribution in [3.63, 3.8) is 0 Å². The number of hydrogen-bond acceptors (Lipinski definition) is 5. The summed E-state index contributed by atoms with van der Waals surface area (Å²) in [6, 6.07) is 8.16. The van der Waals surface area contributed by atoms with Crippen LogP contribution in [0.3, 0.4) is 0 Å². The highest BCUT2D eigenvalue weighted by atomic mass is 32.2. The largest absolute Gasteiger partial charge is 0.299 e. The molecule has 0 spiro atoms. The molecular weight excluding hydrogens is 376 g/mol. The number of aromatic nitrogens is 2. The summed E-state index contributed by atoms with van der Waals surface area (Å²) >= 11 is 2.94. The third kappa shape index (κ3) is 4.01. The molecule has 3 rings (SSSR count). The lowest BCUT2D eigenvalue weighted by Crippen LogP contribution is -2.25. The summed E-state index contributed by atoms with van der Waals surface area (Å²) in [6.45, 7) is 10.0. The molecule has 0 radical (unpaired) electrons. The highest BCUT2D eigenvalue weighted by Crippen LogP contribution is 2.31. The van der Waals surface area contributed by atoms with Crippen molar-refractivity contribution < 1.29 is 4.79 Å². The summed E-state index contributed by atoms with van der Waals surface area (Å²) in [5, 5.41) is 1.08. The first-order valence-corrected chi connectivity index (χ1v) is 10.8. The maximum atomic E-state index is 13.4. The Hall–Kier alpha value is -1.92. The first-order chi connectivity index (χ1) is 12.8. The second-order valence-electron chi connectivity index (χ2n) is 6.83. The average molecular weight is 401 g/mol. The van der Waals surface area contributed by atoms with Gasteiger partial charge in [0.1, 0.15) is 10.6 Å². The number of rotatable bonds is 6. The topological polar surface area (TPSA) is 52.0 Å². The molecule has 2 heterocycles. The van der Waals surface area contributed by atoms with Gasteiger partial charge in [0.15, 0.2) is 5.16 Å². The Morgan fingerprint density at radius 2 is 1.93 bits per heavy atom. The molecule has 0 aliphatic rings. The van der Waals surface area contributed by atoms with Crippen LogP contribution in [0.2, 0.25) is 0 Å². The van der Waals surface area contributed by atoms with Gasteiger partial charge in [-0.2, -0.15) is 0 Å². The van der Waals surface area contributed by atoms with E-state index in [1.807, 2.05) is 45.0 Å². The van der Waals surface area contributed by atoms with Crippen LogP contribution in [0, 0.1) is 13.8 Å². The molecule has 1 atom stereocenters. The Bertz CT molecular complexity index is 1050. The number of nitrogens with zero attached hydrogens (tertiary/aromatic N) is 2. The maximum Gasteiger partial charge on any atom is 0.263 e. The number of ketones is 1. The van der Waals surface area contributed by atoms with Gasteiger partial charge in [0.2, 0.25) is 0 Å². The van der Waals surface area contributed by atoms with Crippen molar-refractivity contribution in [1.29, 1.82) is 0 Å². The van der Waals surface area contributed by atoms with Gasteiger partial charge in [-0.25, -0.2) is 4.98 Å². The van der Waals surface area contributed by atoms with E-state index >= 15 is 0 Å². The number of hydrogen-bond donors (Lipinski definition) is 0. The van der Waals surface area contributed by atoms with Crippen molar-refractivity contribution in [1.82, 2.24) is 9.55 Å². The summed E-state index contributed by atoms with van der Waals surface area (Å²) in [4.78, 5) is 31.9. The molecule has 1 unspecified atom stereocenters. The number of Topliss-reactive ketones (excluding diaryl/α,β-unsaturated/α-hetero) is 1. The smallest absolute Gasteiger partial charge is 0.263 e. The minimum atomic E-state index is -0.245. The molecule has 0 saturated heterocycles. The fourth-order valence-corrected chi connectivity index (χ4v) is 4.99. The Kier molecular flexibility index (Phi) is 5.86. The van der Waals surface area contributed by atoms with Crippen LogP contribution in [0.5, 0.6) is 0 Å². The normalized spacial score (nSPS) is 12.5. The number of thioether (sulfide) groups is 1. The van der Waals surface area contributed by atoms with Crippen LogP contribution in [0.4, 0.5) is 0 Å². The number of benzene rings is 1. The maximum absolute atomic E-state index is 13.4. The van der Waals surface area contributed by atoms with E-state index in [2.05, 4.69) is 6.92 Å². The van der Waals surface area contributed by atoms with Gasteiger partial charge in [-0.05, 0) is 45.2 Å². The SMILES string of the molecule is CCc1sc2nc(SC(C)C(C)=O)n(Cc3ccc(C)cc3)c(=O)c2c1C. The molecule has 0 amide bonds. The molecule has 0 bridgehead atoms. The van der Waals surface area contributed by atoms with Gasteiger partial charge in [-0.15, -0.1) is 11.3 Å². The molecule has 142 valence electrons. The lowest BCUT2D eigenvalue weighted by Gasteiger charge is -2.14. The second kappa shape index (κ2) is 7.98. The third-order valence-corrected chi connectivity index (χ3v) is 7.29. The molecule has 0 N–H and O–H groups in total. The quantitative estimate of drug-likeness (QED) is 0.442. The van der Waals surface area contributed by atoms with E-state index in [1.165, 1.54) is 22.2 Å². The van der Waals surface area contributed by atoms with Crippen molar-refractivity contribution in [3.05, 3.63) is 56.2 Å². The molecule has 4 nitrogen and oxygen atoms in total. The van der Waals surface area contributed by atoms with Crippen molar-refractivity contribution in [2.24, 2.45) is 0 Å². The molecule has 6 heteroatoms. The fourth-order valence-electron chi connectivity index (χ4n) is 2.93. The molecule has 0 aliphatic carbocycles. The number of carbonyl (C=O) groups excluding carboxylic acids is 1. The van der Waals surface area contributed by atoms with Gasteiger partial charge >= 0.3 is 0 Å². The zero-order valence-corrected chi connectivity index (χ0v) is 18.0. The van der Waals surface area contributed by atoms with Crippen molar-refractivity contribution in [3.8, 4) is 0 Å². The minimum absolute atomic E-state index is 0.0210. The molecule has 0 fully saturated rings. The molecule has 0 saturated carbocycles. The van der Waals surface area contributed by atoms with Crippen LogP contribution in [-0.4, -0.2) is 20.6 Å². The van der Waals surface area contributed by atoms with E-state index in [1.54, 1.807) is 22.8 Å². The first kappa shape index (κ1) is 19.8. The second-order valence-corrected chi connectivity index (χ2v) is 9.22. The van der Waals surface area contributed by atoms with Gasteiger partial charge in [-0.3, -0.25) is 14.2 Å². The molecule has 2 aromatic heterocycles. The van der Waals surface area contributed by atoms with Crippen molar-refractivity contribution in [2.45, 2.75) is 58.0 Å². The van der Waals surface area contributed by atoms with E-state index in [9.17, 15) is 9.59 Å². The Balaban J connectivity index is 2.18. The van der Waals surface area contributed by atoms with E-state index in [-0.39, 0.29) is 16.6 Å². The van der Waals surface area contributed by atoms with Crippen LogP contribution >= 0.6 is 23.1 Å². The Morgan fingerprint density at radius 3 is 2.52 bits per heavy atom. The highest BCUT2D eigenvalue weighted by Gasteiger charge is 2.20. The summed E-state index contributed by atoms with van der Waals surface area (Å²) in [6.07, 6.45) is 0.886. The lowest BCUT2D eigenvalue weighted by atomic mass is 10.1. The van der Waals surface area contributed by atoms with E-state index in [4.69, 9.17) is 4.98 Å².